The zero-order chi connectivity index (χ0) is 13.9. The maximum absolute atomic E-state index is 9.41. The third kappa shape index (κ3) is 2.75. The third-order valence-corrected chi connectivity index (χ3v) is 3.28. The summed E-state index contributed by atoms with van der Waals surface area (Å²) in [5.41, 5.74) is 1.83. The largest absolute Gasteiger partial charge is 0.508 e. The van der Waals surface area contributed by atoms with Crippen LogP contribution >= 0.6 is 11.6 Å². The van der Waals surface area contributed by atoms with Crippen LogP contribution in [0.5, 0.6) is 17.2 Å². The summed E-state index contributed by atoms with van der Waals surface area (Å²) in [6.07, 6.45) is 0. The van der Waals surface area contributed by atoms with Gasteiger partial charge in [0.05, 0.1) is 5.02 Å². The average Bonchev–Trinajstić information content (AvgIpc) is 2.45. The van der Waals surface area contributed by atoms with Crippen LogP contribution in [-0.2, 0) is 6.54 Å². The van der Waals surface area contributed by atoms with Crippen LogP contribution in [0.3, 0.4) is 0 Å². The Balaban J connectivity index is 1.76. The lowest BCUT2D eigenvalue weighted by Gasteiger charge is -2.20. The van der Waals surface area contributed by atoms with E-state index < -0.39 is 0 Å². The van der Waals surface area contributed by atoms with Crippen LogP contribution in [0.25, 0.3) is 0 Å². The summed E-state index contributed by atoms with van der Waals surface area (Å²) < 4.78 is 11.0. The van der Waals surface area contributed by atoms with Gasteiger partial charge >= 0.3 is 0 Å². The van der Waals surface area contributed by atoms with Crippen molar-refractivity contribution in [1.82, 2.24) is 0 Å². The SMILES string of the molecule is Oc1cccc(NCc2cc(Cl)c3c(c2)OCCO3)c1. The smallest absolute Gasteiger partial charge is 0.179 e. The molecule has 2 aromatic carbocycles. The first-order valence-corrected chi connectivity index (χ1v) is 6.71. The normalized spacial score (nSPS) is 13.1. The molecule has 0 saturated heterocycles. The molecule has 20 heavy (non-hydrogen) atoms. The molecule has 2 N–H and O–H groups in total. The summed E-state index contributed by atoms with van der Waals surface area (Å²) in [6.45, 7) is 1.64. The zero-order valence-electron chi connectivity index (χ0n) is 10.7. The van der Waals surface area contributed by atoms with E-state index >= 15 is 0 Å². The fraction of sp³-hybridized carbons (Fsp3) is 0.200. The van der Waals surface area contributed by atoms with Crippen LogP contribution in [0.1, 0.15) is 5.56 Å². The zero-order valence-corrected chi connectivity index (χ0v) is 11.5. The fourth-order valence-corrected chi connectivity index (χ4v) is 2.37. The van der Waals surface area contributed by atoms with Gasteiger partial charge in [-0.15, -0.1) is 0 Å². The van der Waals surface area contributed by atoms with Crippen molar-refractivity contribution in [3.63, 3.8) is 0 Å². The molecule has 0 aliphatic carbocycles. The number of halogens is 1. The van der Waals surface area contributed by atoms with Gasteiger partial charge in [0.15, 0.2) is 11.5 Å². The van der Waals surface area contributed by atoms with Crippen LogP contribution in [0.4, 0.5) is 5.69 Å². The van der Waals surface area contributed by atoms with Crippen molar-refractivity contribution in [3.8, 4) is 17.2 Å². The van der Waals surface area contributed by atoms with Gasteiger partial charge in [-0.05, 0) is 29.8 Å². The van der Waals surface area contributed by atoms with Crippen molar-refractivity contribution >= 4 is 17.3 Å². The van der Waals surface area contributed by atoms with E-state index in [0.717, 1.165) is 11.3 Å². The number of hydrogen-bond donors (Lipinski definition) is 2. The average molecular weight is 292 g/mol. The van der Waals surface area contributed by atoms with E-state index in [1.165, 1.54) is 0 Å². The third-order valence-electron chi connectivity index (χ3n) is 3.00. The molecule has 1 aliphatic heterocycles. The molecule has 2 aromatic rings. The second kappa shape index (κ2) is 5.51. The molecular weight excluding hydrogens is 278 g/mol. The number of nitrogens with one attached hydrogen (secondary N) is 1. The first-order valence-electron chi connectivity index (χ1n) is 6.33. The molecule has 0 fully saturated rings. The van der Waals surface area contributed by atoms with E-state index in [1.54, 1.807) is 18.2 Å². The summed E-state index contributed by atoms with van der Waals surface area (Å²) >= 11 is 6.18. The Morgan fingerprint density at radius 3 is 2.85 bits per heavy atom. The highest BCUT2D eigenvalue weighted by atomic mass is 35.5. The van der Waals surface area contributed by atoms with Gasteiger partial charge in [0, 0.05) is 18.3 Å². The lowest BCUT2D eigenvalue weighted by Crippen LogP contribution is -2.16. The molecule has 1 aliphatic rings. The van der Waals surface area contributed by atoms with Gasteiger partial charge < -0.3 is 19.9 Å². The molecule has 0 spiro atoms. The van der Waals surface area contributed by atoms with Gasteiger partial charge in [0.1, 0.15) is 19.0 Å². The number of aromatic hydroxyl groups is 1. The summed E-state index contributed by atoms with van der Waals surface area (Å²) in [5, 5.41) is 13.2. The van der Waals surface area contributed by atoms with Crippen molar-refractivity contribution in [2.75, 3.05) is 18.5 Å². The first-order chi connectivity index (χ1) is 9.72. The number of phenols is 1. The van der Waals surface area contributed by atoms with Gasteiger partial charge in [0.2, 0.25) is 0 Å². The minimum Gasteiger partial charge on any atom is -0.508 e. The van der Waals surface area contributed by atoms with E-state index in [9.17, 15) is 5.11 Å². The van der Waals surface area contributed by atoms with Gasteiger partial charge in [0.25, 0.3) is 0 Å². The number of rotatable bonds is 3. The molecule has 0 amide bonds. The molecular formula is C15H14ClNO3. The molecule has 3 rings (SSSR count). The Bertz CT molecular complexity index is 631. The van der Waals surface area contributed by atoms with Gasteiger partial charge in [-0.2, -0.15) is 0 Å². The van der Waals surface area contributed by atoms with Crippen molar-refractivity contribution in [2.24, 2.45) is 0 Å². The van der Waals surface area contributed by atoms with Crippen molar-refractivity contribution in [3.05, 3.63) is 47.0 Å². The fourth-order valence-electron chi connectivity index (χ4n) is 2.09. The summed E-state index contributed by atoms with van der Waals surface area (Å²) in [5.74, 6) is 1.52. The summed E-state index contributed by atoms with van der Waals surface area (Å²) in [4.78, 5) is 0. The minimum atomic E-state index is 0.232. The molecule has 0 saturated carbocycles. The number of anilines is 1. The second-order valence-corrected chi connectivity index (χ2v) is 4.91. The molecule has 104 valence electrons. The molecule has 0 unspecified atom stereocenters. The lowest BCUT2D eigenvalue weighted by atomic mass is 10.2. The van der Waals surface area contributed by atoms with E-state index in [0.29, 0.717) is 36.3 Å². The molecule has 0 radical (unpaired) electrons. The molecule has 0 bridgehead atoms. The Kier molecular flexibility index (Phi) is 3.56. The molecule has 1 heterocycles. The predicted octanol–water partition coefficient (Wildman–Crippen LogP) is 3.43. The molecule has 0 aromatic heterocycles. The van der Waals surface area contributed by atoms with Crippen molar-refractivity contribution in [2.45, 2.75) is 6.54 Å². The van der Waals surface area contributed by atoms with Crippen molar-refractivity contribution < 1.29 is 14.6 Å². The van der Waals surface area contributed by atoms with Crippen LogP contribution in [0.2, 0.25) is 5.02 Å². The first kappa shape index (κ1) is 12.9. The summed E-state index contributed by atoms with van der Waals surface area (Å²) in [7, 11) is 0. The predicted molar refractivity (Wildman–Crippen MR) is 77.9 cm³/mol. The highest BCUT2D eigenvalue weighted by molar-refractivity contribution is 6.32. The number of hydrogen-bond acceptors (Lipinski definition) is 4. The Labute approximate surface area is 121 Å². The second-order valence-electron chi connectivity index (χ2n) is 4.51. The molecule has 4 nitrogen and oxygen atoms in total. The van der Waals surface area contributed by atoms with E-state index in [1.807, 2.05) is 18.2 Å². The van der Waals surface area contributed by atoms with Crippen LogP contribution in [0, 0.1) is 0 Å². The molecule has 0 atom stereocenters. The lowest BCUT2D eigenvalue weighted by molar-refractivity contribution is 0.171. The Hall–Kier alpha value is -2.07. The van der Waals surface area contributed by atoms with Crippen LogP contribution in [-0.4, -0.2) is 18.3 Å². The maximum atomic E-state index is 9.41. The Morgan fingerprint density at radius 1 is 1.15 bits per heavy atom. The van der Waals surface area contributed by atoms with Gasteiger partial charge in [-0.25, -0.2) is 0 Å². The van der Waals surface area contributed by atoms with E-state index in [-0.39, 0.29) is 5.75 Å². The van der Waals surface area contributed by atoms with Gasteiger partial charge in [-0.3, -0.25) is 0 Å². The monoisotopic (exact) mass is 291 g/mol. The van der Waals surface area contributed by atoms with E-state index in [4.69, 9.17) is 21.1 Å². The van der Waals surface area contributed by atoms with Crippen LogP contribution in [0.15, 0.2) is 36.4 Å². The number of fused-ring (bicyclic) bond motifs is 1. The minimum absolute atomic E-state index is 0.232. The quantitative estimate of drug-likeness (QED) is 0.910. The number of phenolic OH excluding ortho intramolecular Hbond substituents is 1. The highest BCUT2D eigenvalue weighted by Crippen LogP contribution is 2.38. The number of ether oxygens (including phenoxy) is 2. The molecule has 5 heteroatoms. The van der Waals surface area contributed by atoms with E-state index in [2.05, 4.69) is 5.32 Å². The highest BCUT2D eigenvalue weighted by Gasteiger charge is 2.16. The number of benzene rings is 2. The van der Waals surface area contributed by atoms with Crippen molar-refractivity contribution in [1.29, 1.82) is 0 Å². The maximum Gasteiger partial charge on any atom is 0.179 e. The van der Waals surface area contributed by atoms with Gasteiger partial charge in [-0.1, -0.05) is 17.7 Å². The Morgan fingerprint density at radius 2 is 2.00 bits per heavy atom. The van der Waals surface area contributed by atoms with Crippen LogP contribution < -0.4 is 14.8 Å². The summed E-state index contributed by atoms with van der Waals surface area (Å²) in [6, 6.07) is 10.7. The topological polar surface area (TPSA) is 50.7 Å². The standard InChI is InChI=1S/C15H14ClNO3/c16-13-6-10(7-14-15(13)20-5-4-19-14)9-17-11-2-1-3-12(18)8-11/h1-3,6-8,17-18H,4-5,9H2.